The van der Waals surface area contributed by atoms with Gasteiger partial charge in [-0.2, -0.15) is 0 Å². The monoisotopic (exact) mass is 172 g/mol. The summed E-state index contributed by atoms with van der Waals surface area (Å²) in [4.78, 5) is 6.57. The second kappa shape index (κ2) is 4.04. The van der Waals surface area contributed by atoms with Crippen molar-refractivity contribution in [3.63, 3.8) is 0 Å². The molecule has 0 aliphatic carbocycles. The highest BCUT2D eigenvalue weighted by Crippen LogP contribution is 2.23. The Kier molecular flexibility index (Phi) is 4.00. The molecule has 0 radical (unpaired) electrons. The van der Waals surface area contributed by atoms with E-state index in [4.69, 9.17) is 0 Å². The molecule has 0 aromatic carbocycles. The van der Waals surface area contributed by atoms with Crippen molar-refractivity contribution in [2.24, 2.45) is 5.41 Å². The third kappa shape index (κ3) is 3.18. The standard InChI is InChI=1S/C8H20N2Si/c1-7(8(2,3)4)11(9-5)10-6/h9-11H,1H2,2-6H3. The molecule has 0 atom stereocenters. The first-order chi connectivity index (χ1) is 4.93. The maximum atomic E-state index is 4.10. The molecule has 2 N–H and O–H groups in total. The first-order valence-corrected chi connectivity index (χ1v) is 5.70. The molecule has 0 heterocycles. The fourth-order valence-corrected chi connectivity index (χ4v) is 2.78. The summed E-state index contributed by atoms with van der Waals surface area (Å²) in [5, 5.41) is 1.32. The van der Waals surface area contributed by atoms with Crippen molar-refractivity contribution in [3.8, 4) is 0 Å². The zero-order valence-electron chi connectivity index (χ0n) is 8.28. The number of hydrogen-bond acceptors (Lipinski definition) is 2. The van der Waals surface area contributed by atoms with Crippen LogP contribution < -0.4 is 9.96 Å². The number of hydrogen-bond donors (Lipinski definition) is 2. The van der Waals surface area contributed by atoms with Crippen LogP contribution in [0.25, 0.3) is 0 Å². The SMILES string of the molecule is C=C([SiH](NC)NC)C(C)(C)C. The highest BCUT2D eigenvalue weighted by atomic mass is 28.3. The van der Waals surface area contributed by atoms with Gasteiger partial charge in [0, 0.05) is 0 Å². The average Bonchev–Trinajstić information content (AvgIpc) is 1.88. The maximum Gasteiger partial charge on any atom is 0.213 e. The Morgan fingerprint density at radius 3 is 1.64 bits per heavy atom. The molecule has 0 aliphatic heterocycles. The summed E-state index contributed by atoms with van der Waals surface area (Å²) in [7, 11) is 2.88. The normalized spacial score (nSPS) is 12.2. The second-order valence-corrected chi connectivity index (χ2v) is 6.50. The zero-order chi connectivity index (χ0) is 9.07. The van der Waals surface area contributed by atoms with Gasteiger partial charge in [0.25, 0.3) is 0 Å². The first kappa shape index (κ1) is 10.9. The lowest BCUT2D eigenvalue weighted by Crippen LogP contribution is -2.48. The molecule has 0 saturated carbocycles. The Morgan fingerprint density at radius 2 is 1.55 bits per heavy atom. The minimum absolute atomic E-state index is 0.225. The molecule has 0 rings (SSSR count). The van der Waals surface area contributed by atoms with Crippen molar-refractivity contribution in [3.05, 3.63) is 11.8 Å². The summed E-state index contributed by atoms with van der Waals surface area (Å²) in [5.74, 6) is 0. The van der Waals surface area contributed by atoms with E-state index in [-0.39, 0.29) is 5.41 Å². The summed E-state index contributed by atoms with van der Waals surface area (Å²) in [6.45, 7) is 10.7. The van der Waals surface area contributed by atoms with Crippen molar-refractivity contribution in [1.29, 1.82) is 0 Å². The van der Waals surface area contributed by atoms with Crippen LogP contribution in [0.1, 0.15) is 20.8 Å². The predicted octanol–water partition coefficient (Wildman–Crippen LogP) is 0.787. The summed E-state index contributed by atoms with van der Waals surface area (Å²) in [6.07, 6.45) is 0. The molecule has 2 nitrogen and oxygen atoms in total. The van der Waals surface area contributed by atoms with Gasteiger partial charge < -0.3 is 9.96 Å². The van der Waals surface area contributed by atoms with E-state index in [1.165, 1.54) is 5.20 Å². The van der Waals surface area contributed by atoms with Crippen LogP contribution in [0.2, 0.25) is 0 Å². The third-order valence-corrected chi connectivity index (χ3v) is 4.61. The van der Waals surface area contributed by atoms with Crippen LogP contribution in [0.15, 0.2) is 11.8 Å². The van der Waals surface area contributed by atoms with Gasteiger partial charge in [0.2, 0.25) is 9.12 Å². The van der Waals surface area contributed by atoms with Crippen LogP contribution in [0, 0.1) is 5.41 Å². The van der Waals surface area contributed by atoms with Crippen LogP contribution in [0.5, 0.6) is 0 Å². The van der Waals surface area contributed by atoms with Gasteiger partial charge in [-0.15, -0.1) is 6.58 Å². The van der Waals surface area contributed by atoms with Crippen LogP contribution in [-0.2, 0) is 0 Å². The molecule has 0 unspecified atom stereocenters. The molecular weight excluding hydrogens is 152 g/mol. The number of rotatable bonds is 3. The van der Waals surface area contributed by atoms with Crippen molar-refractivity contribution in [2.45, 2.75) is 20.8 Å². The summed E-state index contributed by atoms with van der Waals surface area (Å²) in [5.41, 5.74) is 0.225. The third-order valence-electron chi connectivity index (χ3n) is 1.89. The lowest BCUT2D eigenvalue weighted by molar-refractivity contribution is 0.525. The lowest BCUT2D eigenvalue weighted by atomic mass is 9.97. The smallest absolute Gasteiger partial charge is 0.213 e. The van der Waals surface area contributed by atoms with E-state index in [9.17, 15) is 0 Å². The van der Waals surface area contributed by atoms with Crippen LogP contribution in [0.4, 0.5) is 0 Å². The fourth-order valence-electron chi connectivity index (χ4n) is 0.926. The van der Waals surface area contributed by atoms with Crippen molar-refractivity contribution in [1.82, 2.24) is 9.96 Å². The Bertz CT molecular complexity index is 134. The summed E-state index contributed by atoms with van der Waals surface area (Å²) >= 11 is 0. The molecule has 11 heavy (non-hydrogen) atoms. The predicted molar refractivity (Wildman–Crippen MR) is 53.9 cm³/mol. The van der Waals surface area contributed by atoms with Crippen LogP contribution in [-0.4, -0.2) is 23.2 Å². The van der Waals surface area contributed by atoms with E-state index in [1.54, 1.807) is 0 Å². The van der Waals surface area contributed by atoms with Gasteiger partial charge in [0.05, 0.1) is 0 Å². The van der Waals surface area contributed by atoms with E-state index in [0.29, 0.717) is 0 Å². The molecule has 0 spiro atoms. The maximum absolute atomic E-state index is 4.10. The van der Waals surface area contributed by atoms with E-state index < -0.39 is 9.12 Å². The van der Waals surface area contributed by atoms with E-state index in [2.05, 4.69) is 37.3 Å². The van der Waals surface area contributed by atoms with Gasteiger partial charge in [-0.25, -0.2) is 0 Å². The Morgan fingerprint density at radius 1 is 1.18 bits per heavy atom. The summed E-state index contributed by atoms with van der Waals surface area (Å²) in [6, 6.07) is 0. The van der Waals surface area contributed by atoms with E-state index in [0.717, 1.165) is 0 Å². The molecule has 0 bridgehead atoms. The first-order valence-electron chi connectivity index (χ1n) is 3.97. The van der Waals surface area contributed by atoms with E-state index in [1.807, 2.05) is 14.1 Å². The van der Waals surface area contributed by atoms with Gasteiger partial charge in [-0.3, -0.25) is 0 Å². The quantitative estimate of drug-likeness (QED) is 0.615. The van der Waals surface area contributed by atoms with Crippen molar-refractivity contribution in [2.75, 3.05) is 14.1 Å². The van der Waals surface area contributed by atoms with Crippen molar-refractivity contribution < 1.29 is 0 Å². The van der Waals surface area contributed by atoms with E-state index >= 15 is 0 Å². The molecule has 0 amide bonds. The van der Waals surface area contributed by atoms with Crippen LogP contribution in [0.3, 0.4) is 0 Å². The Labute approximate surface area is 71.8 Å². The molecule has 0 saturated heterocycles. The fraction of sp³-hybridized carbons (Fsp3) is 0.750. The van der Waals surface area contributed by atoms with Gasteiger partial charge >= 0.3 is 0 Å². The van der Waals surface area contributed by atoms with Gasteiger partial charge in [0.1, 0.15) is 0 Å². The minimum Gasteiger partial charge on any atom is -0.327 e. The molecular formula is C8H20N2Si. The molecule has 3 heteroatoms. The van der Waals surface area contributed by atoms with Crippen LogP contribution >= 0.6 is 0 Å². The largest absolute Gasteiger partial charge is 0.327 e. The molecule has 0 aromatic rings. The molecule has 0 aliphatic rings. The Balaban J connectivity index is 4.22. The van der Waals surface area contributed by atoms with Gasteiger partial charge in [-0.1, -0.05) is 26.0 Å². The minimum atomic E-state index is -1.11. The number of allylic oxidation sites excluding steroid dienone is 1. The zero-order valence-corrected chi connectivity index (χ0v) is 9.44. The average molecular weight is 172 g/mol. The highest BCUT2D eigenvalue weighted by Gasteiger charge is 2.22. The molecule has 66 valence electrons. The molecule has 0 fully saturated rings. The lowest BCUT2D eigenvalue weighted by Gasteiger charge is -2.27. The van der Waals surface area contributed by atoms with Gasteiger partial charge in [0.15, 0.2) is 0 Å². The topological polar surface area (TPSA) is 24.1 Å². The highest BCUT2D eigenvalue weighted by molar-refractivity contribution is 6.61. The molecule has 0 aromatic heterocycles. The number of nitrogens with one attached hydrogen (secondary N) is 2. The van der Waals surface area contributed by atoms with Crippen molar-refractivity contribution >= 4 is 9.12 Å². The second-order valence-electron chi connectivity index (χ2n) is 3.79. The van der Waals surface area contributed by atoms with Gasteiger partial charge in [-0.05, 0) is 19.5 Å². The Hall–Kier alpha value is -0.123. The summed E-state index contributed by atoms with van der Waals surface area (Å²) < 4.78 is 0.